The summed E-state index contributed by atoms with van der Waals surface area (Å²) in [5.74, 6) is 1.01. The highest BCUT2D eigenvalue weighted by atomic mass is 32.1. The van der Waals surface area contributed by atoms with Crippen LogP contribution in [-0.4, -0.2) is 22.4 Å². The molecule has 2 aromatic carbocycles. The maximum absolute atomic E-state index is 12.8. The molecule has 0 aliphatic rings. The van der Waals surface area contributed by atoms with Gasteiger partial charge in [0, 0.05) is 28.7 Å². The number of oxazole rings is 1. The van der Waals surface area contributed by atoms with Gasteiger partial charge in [0.25, 0.3) is 5.91 Å². The molecule has 0 saturated heterocycles. The number of hydrogen-bond acceptors (Lipinski definition) is 5. The Morgan fingerprint density at radius 1 is 1.07 bits per heavy atom. The zero-order valence-electron chi connectivity index (χ0n) is 16.8. The molecule has 4 aromatic rings. The largest absolute Gasteiger partial charge is 0.436 e. The van der Waals surface area contributed by atoms with E-state index in [0.717, 1.165) is 35.5 Å². The van der Waals surface area contributed by atoms with E-state index in [4.69, 9.17) is 4.42 Å². The fourth-order valence-corrected chi connectivity index (χ4v) is 4.04. The van der Waals surface area contributed by atoms with Crippen molar-refractivity contribution in [3.8, 4) is 22.8 Å². The summed E-state index contributed by atoms with van der Waals surface area (Å²) in [6, 6.07) is 17.2. The van der Waals surface area contributed by atoms with Crippen LogP contribution in [0.5, 0.6) is 0 Å². The molecule has 0 radical (unpaired) electrons. The Balaban J connectivity index is 1.38. The van der Waals surface area contributed by atoms with Gasteiger partial charge in [0.05, 0.1) is 16.8 Å². The van der Waals surface area contributed by atoms with Crippen molar-refractivity contribution in [1.82, 2.24) is 15.3 Å². The molecule has 2 aromatic heterocycles. The van der Waals surface area contributed by atoms with Crippen LogP contribution in [0.25, 0.3) is 22.8 Å². The fraction of sp³-hybridized carbons (Fsp3) is 0.208. The van der Waals surface area contributed by atoms with Gasteiger partial charge in [-0.1, -0.05) is 42.5 Å². The van der Waals surface area contributed by atoms with E-state index in [9.17, 15) is 4.79 Å². The Hall–Kier alpha value is -3.25. The van der Waals surface area contributed by atoms with Gasteiger partial charge in [-0.2, -0.15) is 0 Å². The van der Waals surface area contributed by atoms with E-state index in [1.807, 2.05) is 55.5 Å². The molecule has 0 fully saturated rings. The minimum absolute atomic E-state index is 0.116. The van der Waals surface area contributed by atoms with Crippen LogP contribution in [0.4, 0.5) is 0 Å². The van der Waals surface area contributed by atoms with Crippen LogP contribution in [0.3, 0.4) is 0 Å². The molecule has 4 rings (SSSR count). The van der Waals surface area contributed by atoms with Crippen molar-refractivity contribution in [2.45, 2.75) is 26.2 Å². The van der Waals surface area contributed by atoms with Gasteiger partial charge in [-0.15, -0.1) is 11.3 Å². The SMILES string of the molecule is Cc1csc(CCCCNC(=O)c2ccccc2-c2ncc(-c3ccccc3)o2)n1. The third-order valence-corrected chi connectivity index (χ3v) is 5.76. The molecule has 0 aliphatic heterocycles. The summed E-state index contributed by atoms with van der Waals surface area (Å²) in [6.45, 7) is 2.63. The second kappa shape index (κ2) is 9.50. The van der Waals surface area contributed by atoms with E-state index in [1.165, 1.54) is 0 Å². The molecule has 30 heavy (non-hydrogen) atoms. The maximum atomic E-state index is 12.8. The average molecular weight is 418 g/mol. The number of aromatic nitrogens is 2. The second-order valence-electron chi connectivity index (χ2n) is 7.04. The van der Waals surface area contributed by atoms with E-state index < -0.39 is 0 Å². The highest BCUT2D eigenvalue weighted by Gasteiger charge is 2.16. The van der Waals surface area contributed by atoms with Gasteiger partial charge in [0.1, 0.15) is 0 Å². The number of amides is 1. The number of unbranched alkanes of at least 4 members (excludes halogenated alkanes) is 1. The van der Waals surface area contributed by atoms with E-state index in [0.29, 0.717) is 29.3 Å². The van der Waals surface area contributed by atoms with Crippen molar-refractivity contribution in [2.24, 2.45) is 0 Å². The molecular weight excluding hydrogens is 394 g/mol. The van der Waals surface area contributed by atoms with Gasteiger partial charge in [0.2, 0.25) is 5.89 Å². The van der Waals surface area contributed by atoms with E-state index in [1.54, 1.807) is 23.6 Å². The number of hydrogen-bond donors (Lipinski definition) is 1. The quantitative estimate of drug-likeness (QED) is 0.383. The molecule has 0 spiro atoms. The van der Waals surface area contributed by atoms with Crippen LogP contribution in [0.1, 0.15) is 33.9 Å². The molecule has 2 heterocycles. The Morgan fingerprint density at radius 2 is 1.87 bits per heavy atom. The highest BCUT2D eigenvalue weighted by Crippen LogP contribution is 2.28. The lowest BCUT2D eigenvalue weighted by atomic mass is 10.1. The van der Waals surface area contributed by atoms with Gasteiger partial charge in [0.15, 0.2) is 5.76 Å². The fourth-order valence-electron chi connectivity index (χ4n) is 3.22. The molecule has 1 amide bonds. The van der Waals surface area contributed by atoms with Crippen molar-refractivity contribution in [3.63, 3.8) is 0 Å². The van der Waals surface area contributed by atoms with Crippen LogP contribution in [0.2, 0.25) is 0 Å². The van der Waals surface area contributed by atoms with Crippen molar-refractivity contribution >= 4 is 17.2 Å². The third-order valence-electron chi connectivity index (χ3n) is 4.74. The molecule has 5 nitrogen and oxygen atoms in total. The molecule has 0 unspecified atom stereocenters. The molecule has 0 bridgehead atoms. The monoisotopic (exact) mass is 417 g/mol. The summed E-state index contributed by atoms with van der Waals surface area (Å²) >= 11 is 1.69. The van der Waals surface area contributed by atoms with Crippen LogP contribution in [0, 0.1) is 6.92 Å². The van der Waals surface area contributed by atoms with Gasteiger partial charge >= 0.3 is 0 Å². The lowest BCUT2D eigenvalue weighted by Crippen LogP contribution is -2.25. The highest BCUT2D eigenvalue weighted by molar-refractivity contribution is 7.09. The average Bonchev–Trinajstić information content (AvgIpc) is 3.43. The first kappa shape index (κ1) is 20.0. The van der Waals surface area contributed by atoms with Gasteiger partial charge in [-0.05, 0) is 38.3 Å². The topological polar surface area (TPSA) is 68.0 Å². The number of carbonyl (C=O) groups is 1. The number of benzene rings is 2. The Labute approximate surface area is 179 Å². The standard InChI is InChI=1S/C24H23N3O2S/c1-17-16-30-22(27-17)13-7-8-14-25-23(28)19-11-5-6-12-20(19)24-26-15-21(29-24)18-9-3-2-4-10-18/h2-6,9-12,15-16H,7-8,13-14H2,1H3,(H,25,28). The summed E-state index contributed by atoms with van der Waals surface area (Å²) in [4.78, 5) is 21.6. The number of nitrogens with zero attached hydrogens (tertiary/aromatic N) is 2. The zero-order chi connectivity index (χ0) is 20.8. The molecule has 6 heteroatoms. The van der Waals surface area contributed by atoms with Crippen LogP contribution in [-0.2, 0) is 6.42 Å². The van der Waals surface area contributed by atoms with Crippen LogP contribution >= 0.6 is 11.3 Å². The summed E-state index contributed by atoms with van der Waals surface area (Å²) in [5, 5.41) is 6.24. The van der Waals surface area contributed by atoms with Crippen LogP contribution < -0.4 is 5.32 Å². The van der Waals surface area contributed by atoms with Crippen molar-refractivity contribution in [2.75, 3.05) is 6.54 Å². The number of thiazole rings is 1. The van der Waals surface area contributed by atoms with Crippen molar-refractivity contribution in [1.29, 1.82) is 0 Å². The Bertz CT molecular complexity index is 1120. The summed E-state index contributed by atoms with van der Waals surface area (Å²) < 4.78 is 5.94. The second-order valence-corrected chi connectivity index (χ2v) is 7.98. The first-order chi connectivity index (χ1) is 14.7. The summed E-state index contributed by atoms with van der Waals surface area (Å²) in [6.07, 6.45) is 4.54. The third kappa shape index (κ3) is 4.83. The first-order valence-corrected chi connectivity index (χ1v) is 10.9. The van der Waals surface area contributed by atoms with E-state index in [-0.39, 0.29) is 5.91 Å². The molecule has 152 valence electrons. The van der Waals surface area contributed by atoms with E-state index in [2.05, 4.69) is 20.7 Å². The smallest absolute Gasteiger partial charge is 0.252 e. The predicted octanol–water partition coefficient (Wildman–Crippen LogP) is 5.53. The predicted molar refractivity (Wildman–Crippen MR) is 119 cm³/mol. The van der Waals surface area contributed by atoms with Crippen LogP contribution in [0.15, 0.2) is 70.6 Å². The first-order valence-electron chi connectivity index (χ1n) is 10.0. The number of aryl methyl sites for hydroxylation is 2. The molecule has 0 aliphatic carbocycles. The molecule has 0 saturated carbocycles. The van der Waals surface area contributed by atoms with Gasteiger partial charge in [-0.25, -0.2) is 9.97 Å². The number of nitrogens with one attached hydrogen (secondary N) is 1. The molecule has 1 N–H and O–H groups in total. The van der Waals surface area contributed by atoms with Gasteiger partial charge in [-0.3, -0.25) is 4.79 Å². The minimum Gasteiger partial charge on any atom is -0.436 e. The maximum Gasteiger partial charge on any atom is 0.252 e. The normalized spacial score (nSPS) is 10.8. The number of rotatable bonds is 8. The zero-order valence-corrected chi connectivity index (χ0v) is 17.6. The lowest BCUT2D eigenvalue weighted by molar-refractivity contribution is 0.0953. The van der Waals surface area contributed by atoms with Gasteiger partial charge < -0.3 is 9.73 Å². The number of carbonyl (C=O) groups excluding carboxylic acids is 1. The van der Waals surface area contributed by atoms with Crippen molar-refractivity contribution in [3.05, 3.63) is 82.4 Å². The molecular formula is C24H23N3O2S. The Kier molecular flexibility index (Phi) is 6.35. The molecule has 0 atom stereocenters. The lowest BCUT2D eigenvalue weighted by Gasteiger charge is -2.08. The summed E-state index contributed by atoms with van der Waals surface area (Å²) in [5.41, 5.74) is 3.28. The minimum atomic E-state index is -0.116. The van der Waals surface area contributed by atoms with E-state index >= 15 is 0 Å². The summed E-state index contributed by atoms with van der Waals surface area (Å²) in [7, 11) is 0. The van der Waals surface area contributed by atoms with Crippen molar-refractivity contribution < 1.29 is 9.21 Å². The Morgan fingerprint density at radius 3 is 2.67 bits per heavy atom.